The topological polar surface area (TPSA) is 176 Å². The third-order valence-electron chi connectivity index (χ3n) is 5.76. The first kappa shape index (κ1) is 42.5. The van der Waals surface area contributed by atoms with Gasteiger partial charge in [0.05, 0.1) is 0 Å². The van der Waals surface area contributed by atoms with Crippen LogP contribution in [0.1, 0.15) is 0 Å². The zero-order chi connectivity index (χ0) is 36.4. The SMILES string of the molecule is O=P([O-])(Oc1ccccc1)Oc1ccccc1.O=P([O-])(Oc1ccccc1)Oc1ccccc1.O=P([O-])(Oc1ccccc1)Oc1ccccc1.[Ce+3]. The van der Waals surface area contributed by atoms with Crippen molar-refractivity contribution in [3.8, 4) is 34.5 Å². The normalized spacial score (nSPS) is 10.7. The number of hydrogen-bond donors (Lipinski definition) is 0. The number of para-hydroxylation sites is 6. The van der Waals surface area contributed by atoms with E-state index >= 15 is 0 Å². The van der Waals surface area contributed by atoms with Crippen LogP contribution in [-0.2, 0) is 13.7 Å². The predicted octanol–water partition coefficient (Wildman–Crippen LogP) is 7.84. The molecule has 6 rings (SSSR count). The van der Waals surface area contributed by atoms with Gasteiger partial charge >= 0.3 is 65.2 Å². The van der Waals surface area contributed by atoms with Gasteiger partial charge in [0.1, 0.15) is 34.5 Å². The molecule has 0 fully saturated rings. The van der Waals surface area contributed by atoms with Gasteiger partial charge in [0.2, 0.25) is 0 Å². The van der Waals surface area contributed by atoms with E-state index in [-0.39, 0.29) is 76.2 Å². The van der Waals surface area contributed by atoms with Crippen LogP contribution in [0.25, 0.3) is 0 Å². The van der Waals surface area contributed by atoms with Crippen molar-refractivity contribution >= 4 is 23.5 Å². The second-order valence-electron chi connectivity index (χ2n) is 9.77. The van der Waals surface area contributed by atoms with Crippen molar-refractivity contribution in [1.82, 2.24) is 0 Å². The number of phosphoric acid groups is 3. The van der Waals surface area contributed by atoms with Gasteiger partial charge in [0, 0.05) is 0 Å². The van der Waals surface area contributed by atoms with Crippen molar-refractivity contribution in [2.75, 3.05) is 0 Å². The summed E-state index contributed by atoms with van der Waals surface area (Å²) in [6, 6.07) is 49.2. The van der Waals surface area contributed by atoms with E-state index in [2.05, 4.69) is 0 Å². The predicted molar refractivity (Wildman–Crippen MR) is 185 cm³/mol. The molecule has 265 valence electrons. The van der Waals surface area contributed by atoms with Gasteiger partial charge in [0.15, 0.2) is 0 Å². The third kappa shape index (κ3) is 17.1. The Morgan fingerprint density at radius 1 is 0.269 bits per heavy atom. The molecule has 6 aromatic rings. The fourth-order valence-corrected chi connectivity index (χ4v) is 6.11. The van der Waals surface area contributed by atoms with E-state index < -0.39 is 23.5 Å². The maximum atomic E-state index is 11.6. The summed E-state index contributed by atoms with van der Waals surface area (Å²) >= 11 is 0. The van der Waals surface area contributed by atoms with Gasteiger partial charge in [-0.2, -0.15) is 0 Å². The summed E-state index contributed by atoms with van der Waals surface area (Å²) in [5.74, 6) is 1.34. The van der Waals surface area contributed by atoms with Crippen LogP contribution in [0.2, 0.25) is 0 Å². The van der Waals surface area contributed by atoms with E-state index in [0.717, 1.165) is 0 Å². The van der Waals surface area contributed by atoms with E-state index in [1.54, 1.807) is 182 Å². The van der Waals surface area contributed by atoms with Crippen molar-refractivity contribution in [1.29, 1.82) is 0 Å². The second-order valence-corrected chi connectivity index (χ2v) is 13.5. The minimum Gasteiger partial charge on any atom is -0.736 e. The fourth-order valence-electron chi connectivity index (χ4n) is 3.72. The number of rotatable bonds is 12. The molecule has 0 heterocycles. The van der Waals surface area contributed by atoms with Gasteiger partial charge in [0.25, 0.3) is 0 Å². The summed E-state index contributed by atoms with van der Waals surface area (Å²) < 4.78 is 63.4. The molecule has 16 heteroatoms. The van der Waals surface area contributed by atoms with Crippen LogP contribution in [0.15, 0.2) is 182 Å². The van der Waals surface area contributed by atoms with Crippen LogP contribution < -0.4 is 41.8 Å². The average Bonchev–Trinajstić information content (AvgIpc) is 3.10. The van der Waals surface area contributed by atoms with E-state index in [9.17, 15) is 28.4 Å². The molecule has 0 amide bonds. The number of benzene rings is 6. The van der Waals surface area contributed by atoms with E-state index in [1.807, 2.05) is 0 Å². The molecule has 0 unspecified atom stereocenters. The Kier molecular flexibility index (Phi) is 17.6. The molecule has 6 aromatic carbocycles. The van der Waals surface area contributed by atoms with Crippen LogP contribution in [0.4, 0.5) is 0 Å². The van der Waals surface area contributed by atoms with Gasteiger partial charge < -0.3 is 41.8 Å². The molecule has 0 aliphatic carbocycles. The molecule has 0 aliphatic rings. The molecule has 0 atom stereocenters. The summed E-state index contributed by atoms with van der Waals surface area (Å²) in [5, 5.41) is 0. The Balaban J connectivity index is 0.000000208. The molecule has 1 radical (unpaired) electrons. The van der Waals surface area contributed by atoms with Gasteiger partial charge in [-0.05, 0) is 72.8 Å². The molecule has 0 saturated carbocycles. The Morgan fingerprint density at radius 2 is 0.385 bits per heavy atom. The molecule has 0 aliphatic heterocycles. The Bertz CT molecular complexity index is 1640. The minimum atomic E-state index is -4.39. The molecule has 0 aromatic heterocycles. The molecule has 0 bridgehead atoms. The summed E-state index contributed by atoms with van der Waals surface area (Å²) in [5.41, 5.74) is 0. The van der Waals surface area contributed by atoms with Crippen molar-refractivity contribution in [2.45, 2.75) is 0 Å². The van der Waals surface area contributed by atoms with E-state index in [4.69, 9.17) is 27.1 Å². The van der Waals surface area contributed by atoms with Crippen molar-refractivity contribution in [3.63, 3.8) is 0 Å². The van der Waals surface area contributed by atoms with Crippen LogP contribution in [-0.4, -0.2) is 0 Å². The molecule has 12 nitrogen and oxygen atoms in total. The van der Waals surface area contributed by atoms with Gasteiger partial charge in [-0.15, -0.1) is 0 Å². The first-order valence-electron chi connectivity index (χ1n) is 14.9. The zero-order valence-electron chi connectivity index (χ0n) is 27.1. The van der Waals surface area contributed by atoms with Gasteiger partial charge in [-0.3, -0.25) is 0 Å². The zero-order valence-corrected chi connectivity index (χ0v) is 32.9. The first-order valence-corrected chi connectivity index (χ1v) is 19.3. The second kappa shape index (κ2) is 21.6. The smallest absolute Gasteiger partial charge is 0.736 e. The van der Waals surface area contributed by atoms with Crippen LogP contribution in [0.3, 0.4) is 0 Å². The Hall–Kier alpha value is -3.93. The van der Waals surface area contributed by atoms with Crippen molar-refractivity contribution in [2.24, 2.45) is 0 Å². The number of phosphoric ester groups is 3. The van der Waals surface area contributed by atoms with Crippen molar-refractivity contribution < 1.29 is 97.3 Å². The summed E-state index contributed by atoms with van der Waals surface area (Å²) in [6.07, 6.45) is 0. The first-order chi connectivity index (χ1) is 24.5. The molecular weight excluding hydrogens is 857 g/mol. The van der Waals surface area contributed by atoms with Crippen LogP contribution in [0, 0.1) is 41.7 Å². The molecular formula is C36H30CeO12P3. The quantitative estimate of drug-likeness (QED) is 0.109. The van der Waals surface area contributed by atoms with Crippen LogP contribution >= 0.6 is 23.5 Å². The fraction of sp³-hybridized carbons (Fsp3) is 0. The molecule has 0 N–H and O–H groups in total. The Labute approximate surface area is 334 Å². The van der Waals surface area contributed by atoms with Gasteiger partial charge in [-0.25, -0.2) is 13.7 Å². The third-order valence-corrected chi connectivity index (χ3v) is 8.37. The van der Waals surface area contributed by atoms with Crippen LogP contribution in [0.5, 0.6) is 34.5 Å². The summed E-state index contributed by atoms with van der Waals surface area (Å²) in [7, 11) is -13.2. The number of hydrogen-bond acceptors (Lipinski definition) is 12. The summed E-state index contributed by atoms with van der Waals surface area (Å²) in [4.78, 5) is 34.7. The monoisotopic (exact) mass is 887 g/mol. The van der Waals surface area contributed by atoms with E-state index in [1.165, 1.54) is 0 Å². The van der Waals surface area contributed by atoms with Gasteiger partial charge in [-0.1, -0.05) is 109 Å². The molecule has 0 saturated heterocycles. The maximum Gasteiger partial charge on any atom is 3.00 e. The van der Waals surface area contributed by atoms with E-state index in [0.29, 0.717) is 0 Å². The Morgan fingerprint density at radius 3 is 0.500 bits per heavy atom. The summed E-state index contributed by atoms with van der Waals surface area (Å²) in [6.45, 7) is 0. The average molecular weight is 888 g/mol. The molecule has 52 heavy (non-hydrogen) atoms. The standard InChI is InChI=1S/3C12H11O4P.Ce/c3*13-17(14,15-11-7-3-1-4-8-11)16-12-9-5-2-6-10-12;/h3*1-10H,(H,13,14);/q;;;+3/p-3. The largest absolute Gasteiger partial charge is 3.00 e. The minimum absolute atomic E-state index is 0. The van der Waals surface area contributed by atoms with Crippen molar-refractivity contribution in [3.05, 3.63) is 182 Å². The molecule has 0 spiro atoms. The maximum absolute atomic E-state index is 11.6.